The van der Waals surface area contributed by atoms with Gasteiger partial charge in [0, 0.05) is 29.5 Å². The van der Waals surface area contributed by atoms with E-state index in [-0.39, 0.29) is 23.7 Å². The predicted octanol–water partition coefficient (Wildman–Crippen LogP) is 5.66. The summed E-state index contributed by atoms with van der Waals surface area (Å²) in [6, 6.07) is 26.6. The highest BCUT2D eigenvalue weighted by Gasteiger charge is 2.57. The van der Waals surface area contributed by atoms with Crippen LogP contribution in [-0.4, -0.2) is 24.5 Å². The molecule has 3 aliphatic carbocycles. The van der Waals surface area contributed by atoms with Crippen LogP contribution in [0.4, 0.5) is 5.69 Å². The van der Waals surface area contributed by atoms with E-state index < -0.39 is 16.9 Å². The maximum absolute atomic E-state index is 14.0. The van der Waals surface area contributed by atoms with Crippen LogP contribution >= 0.6 is 0 Å². The van der Waals surface area contributed by atoms with Crippen molar-refractivity contribution in [3.8, 4) is 0 Å². The molecule has 0 N–H and O–H groups in total. The summed E-state index contributed by atoms with van der Waals surface area (Å²) in [5, 5.41) is 0. The second kappa shape index (κ2) is 7.30. The molecule has 3 aromatic carbocycles. The molecule has 1 heterocycles. The first-order valence-electron chi connectivity index (χ1n) is 12.1. The number of hydrogen-bond acceptors (Lipinski definition) is 3. The van der Waals surface area contributed by atoms with Crippen molar-refractivity contribution >= 4 is 17.6 Å². The number of rotatable bonds is 3. The zero-order valence-corrected chi connectivity index (χ0v) is 19.8. The second-order valence-corrected chi connectivity index (χ2v) is 10.9. The summed E-state index contributed by atoms with van der Waals surface area (Å²) in [6.45, 7) is 6.56. The molecular formula is C30H29NO3. The lowest BCUT2D eigenvalue weighted by atomic mass is 9.52. The molecule has 1 fully saturated rings. The number of anilines is 1. The van der Waals surface area contributed by atoms with Crippen molar-refractivity contribution in [1.82, 2.24) is 0 Å². The van der Waals surface area contributed by atoms with Crippen LogP contribution in [-0.2, 0) is 14.3 Å². The first kappa shape index (κ1) is 21.2. The van der Waals surface area contributed by atoms with Gasteiger partial charge < -0.3 is 9.64 Å². The Balaban J connectivity index is 1.35. The van der Waals surface area contributed by atoms with Gasteiger partial charge in [0.2, 0.25) is 0 Å². The molecule has 3 aromatic rings. The van der Waals surface area contributed by atoms with E-state index in [4.69, 9.17) is 4.74 Å². The number of hydrogen-bond donors (Lipinski definition) is 0. The Morgan fingerprint density at radius 2 is 1.35 bits per heavy atom. The average Bonchev–Trinajstić information content (AvgIpc) is 3.08. The smallest absolute Gasteiger partial charge is 0.313 e. The van der Waals surface area contributed by atoms with E-state index in [9.17, 15) is 9.59 Å². The van der Waals surface area contributed by atoms with Crippen molar-refractivity contribution in [2.45, 2.75) is 45.1 Å². The monoisotopic (exact) mass is 451 g/mol. The number of amides is 1. The van der Waals surface area contributed by atoms with E-state index in [0.717, 1.165) is 5.69 Å². The molecule has 0 saturated carbocycles. The zero-order chi connectivity index (χ0) is 23.7. The van der Waals surface area contributed by atoms with Crippen molar-refractivity contribution in [3.05, 3.63) is 101 Å². The Hall–Kier alpha value is -3.40. The van der Waals surface area contributed by atoms with Gasteiger partial charge in [0.25, 0.3) is 5.91 Å². The maximum Gasteiger partial charge on any atom is 0.313 e. The minimum atomic E-state index is -0.803. The molecule has 4 heteroatoms. The maximum atomic E-state index is 14.0. The molecule has 1 unspecified atom stereocenters. The minimum absolute atomic E-state index is 0.0813. The van der Waals surface area contributed by atoms with Gasteiger partial charge in [-0.2, -0.15) is 0 Å². The number of benzene rings is 3. The molecule has 1 aliphatic heterocycles. The molecule has 2 atom stereocenters. The molecule has 2 bridgehead atoms. The summed E-state index contributed by atoms with van der Waals surface area (Å²) < 4.78 is 6.19. The highest BCUT2D eigenvalue weighted by Crippen LogP contribution is 2.61. The summed E-state index contributed by atoms with van der Waals surface area (Å²) in [4.78, 5) is 29.2. The van der Waals surface area contributed by atoms with E-state index in [2.05, 4.69) is 48.5 Å². The van der Waals surface area contributed by atoms with Crippen molar-refractivity contribution in [1.29, 1.82) is 0 Å². The highest BCUT2D eigenvalue weighted by atomic mass is 16.6. The second-order valence-electron chi connectivity index (χ2n) is 10.9. The Bertz CT molecular complexity index is 1250. The van der Waals surface area contributed by atoms with E-state index in [0.29, 0.717) is 13.0 Å². The largest absolute Gasteiger partial charge is 0.451 e. The quantitative estimate of drug-likeness (QED) is 0.483. The molecule has 172 valence electrons. The predicted molar refractivity (Wildman–Crippen MR) is 132 cm³/mol. The van der Waals surface area contributed by atoms with Crippen molar-refractivity contribution in [2.24, 2.45) is 10.8 Å². The average molecular weight is 452 g/mol. The van der Waals surface area contributed by atoms with Gasteiger partial charge in [-0.15, -0.1) is 0 Å². The number of carbonyl (C=O) groups is 2. The summed E-state index contributed by atoms with van der Waals surface area (Å²) in [6.07, 6.45) is -0.114. The van der Waals surface area contributed by atoms with Crippen LogP contribution < -0.4 is 4.90 Å². The Morgan fingerprint density at radius 3 is 1.94 bits per heavy atom. The standard InChI is InChI=1S/C30H29NO3/c1-29(2)18-31(19-11-5-4-6-12-19)27(32)26(29)34-28(33)30(3)17-24-20-13-7-9-15-22(20)25(30)23-16-10-8-14-21(23)24/h4-16,24-26H,17-18H2,1-3H3/t24?,25?,26-,30?/m0/s1. The molecule has 1 saturated heterocycles. The molecule has 7 rings (SSSR count). The van der Waals surface area contributed by atoms with Gasteiger partial charge in [-0.25, -0.2) is 0 Å². The number of carbonyl (C=O) groups excluding carboxylic acids is 2. The molecule has 0 radical (unpaired) electrons. The summed E-state index contributed by atoms with van der Waals surface area (Å²) >= 11 is 0. The highest BCUT2D eigenvalue weighted by molar-refractivity contribution is 6.01. The van der Waals surface area contributed by atoms with Gasteiger partial charge in [-0.3, -0.25) is 9.59 Å². The normalized spacial score (nSPS) is 28.4. The fourth-order valence-corrected chi connectivity index (χ4v) is 6.49. The molecule has 34 heavy (non-hydrogen) atoms. The SMILES string of the molecule is CC1(C(=O)O[C@H]2C(=O)N(c3ccccc3)CC2(C)C)CC2c3ccccc3C1c1ccccc12. The minimum Gasteiger partial charge on any atom is -0.451 e. The van der Waals surface area contributed by atoms with E-state index in [1.54, 1.807) is 4.90 Å². The first-order valence-corrected chi connectivity index (χ1v) is 12.1. The van der Waals surface area contributed by atoms with Crippen LogP contribution in [0, 0.1) is 10.8 Å². The van der Waals surface area contributed by atoms with Gasteiger partial charge in [-0.05, 0) is 47.7 Å². The first-order chi connectivity index (χ1) is 16.3. The topological polar surface area (TPSA) is 46.6 Å². The number of para-hydroxylation sites is 1. The molecule has 0 aromatic heterocycles. The number of ether oxygens (including phenoxy) is 1. The van der Waals surface area contributed by atoms with Crippen LogP contribution in [0.25, 0.3) is 0 Å². The lowest BCUT2D eigenvalue weighted by Gasteiger charge is -2.50. The van der Waals surface area contributed by atoms with Gasteiger partial charge in [0.05, 0.1) is 5.41 Å². The molecule has 1 amide bonds. The third-order valence-electron chi connectivity index (χ3n) is 8.15. The number of esters is 1. The third-order valence-corrected chi connectivity index (χ3v) is 8.15. The summed E-state index contributed by atoms with van der Waals surface area (Å²) in [7, 11) is 0. The Kier molecular flexibility index (Phi) is 4.54. The lowest BCUT2D eigenvalue weighted by molar-refractivity contribution is -0.170. The van der Waals surface area contributed by atoms with Gasteiger partial charge in [0.1, 0.15) is 0 Å². The van der Waals surface area contributed by atoms with Gasteiger partial charge in [0.15, 0.2) is 6.10 Å². The Morgan fingerprint density at radius 1 is 0.824 bits per heavy atom. The summed E-state index contributed by atoms with van der Waals surface area (Å²) in [5.41, 5.74) is 4.66. The molecule has 0 spiro atoms. The fourth-order valence-electron chi connectivity index (χ4n) is 6.49. The Labute approximate surface area is 200 Å². The van der Waals surface area contributed by atoms with E-state index in [1.165, 1.54) is 22.3 Å². The van der Waals surface area contributed by atoms with Crippen LogP contribution in [0.15, 0.2) is 78.9 Å². The zero-order valence-electron chi connectivity index (χ0n) is 19.8. The molecule has 4 nitrogen and oxygen atoms in total. The van der Waals surface area contributed by atoms with Crippen LogP contribution in [0.2, 0.25) is 0 Å². The van der Waals surface area contributed by atoms with Crippen molar-refractivity contribution in [3.63, 3.8) is 0 Å². The number of nitrogens with zero attached hydrogens (tertiary/aromatic N) is 1. The lowest BCUT2D eigenvalue weighted by Crippen LogP contribution is -2.48. The molecule has 4 aliphatic rings. The van der Waals surface area contributed by atoms with Crippen LogP contribution in [0.3, 0.4) is 0 Å². The number of fused-ring (bicyclic) bond motifs is 1. The van der Waals surface area contributed by atoms with Crippen LogP contribution in [0.1, 0.15) is 61.3 Å². The van der Waals surface area contributed by atoms with Gasteiger partial charge >= 0.3 is 5.97 Å². The van der Waals surface area contributed by atoms with Crippen LogP contribution in [0.5, 0.6) is 0 Å². The summed E-state index contributed by atoms with van der Waals surface area (Å²) in [5.74, 6) is -0.340. The van der Waals surface area contributed by atoms with Gasteiger partial charge in [-0.1, -0.05) is 80.6 Å². The van der Waals surface area contributed by atoms with E-state index >= 15 is 0 Å². The van der Waals surface area contributed by atoms with E-state index in [1.807, 2.05) is 51.1 Å². The molecular weight excluding hydrogens is 422 g/mol. The van der Waals surface area contributed by atoms with Crippen molar-refractivity contribution < 1.29 is 14.3 Å². The fraction of sp³-hybridized carbons (Fsp3) is 0.333. The third kappa shape index (κ3) is 2.91. The van der Waals surface area contributed by atoms with Crippen molar-refractivity contribution in [2.75, 3.05) is 11.4 Å².